The normalized spacial score (nSPS) is 15.9. The van der Waals surface area contributed by atoms with Gasteiger partial charge in [0.05, 0.1) is 10.5 Å². The predicted octanol–water partition coefficient (Wildman–Crippen LogP) is 4.72. The van der Waals surface area contributed by atoms with Crippen molar-refractivity contribution in [3.63, 3.8) is 0 Å². The molecule has 3 N–H and O–H groups in total. The Morgan fingerprint density at radius 2 is 1.73 bits per heavy atom. The van der Waals surface area contributed by atoms with E-state index in [0.29, 0.717) is 43.1 Å². The number of ether oxygens (including phenoxy) is 2. The number of rotatable bonds is 9. The smallest absolute Gasteiger partial charge is 0.316 e. The molecule has 1 aliphatic rings. The maximum absolute atomic E-state index is 12.5. The fourth-order valence-electron chi connectivity index (χ4n) is 5.08. The van der Waals surface area contributed by atoms with E-state index in [-0.39, 0.29) is 17.2 Å². The van der Waals surface area contributed by atoms with Gasteiger partial charge in [-0.1, -0.05) is 54.6 Å². The van der Waals surface area contributed by atoms with Crippen molar-refractivity contribution in [1.29, 1.82) is 0 Å². The Labute approximate surface area is 232 Å². The van der Waals surface area contributed by atoms with Gasteiger partial charge in [-0.15, -0.1) is 0 Å². The molecule has 1 saturated heterocycles. The molecule has 4 aromatic rings. The van der Waals surface area contributed by atoms with Crippen LogP contribution in [0.15, 0.2) is 88.2 Å². The van der Waals surface area contributed by atoms with Crippen LogP contribution in [0.25, 0.3) is 22.6 Å². The standard InChI is InChI=1S/C30H30N2O7S/c1-37-30(14-16-38-17-15-30)23-9-5-6-20(18-23)19-25(29(33)34)28-32-26(21-7-3-2-4-8-21)27(39-28)22-10-12-24(13-11-22)40(31,35)36/h2-13,18,25H,14-17,19H2,1H3,(H,33,34)(H2,31,35,36). The van der Waals surface area contributed by atoms with Crippen molar-refractivity contribution in [3.8, 4) is 22.6 Å². The predicted molar refractivity (Wildman–Crippen MR) is 148 cm³/mol. The maximum atomic E-state index is 12.5. The zero-order valence-corrected chi connectivity index (χ0v) is 22.8. The Bertz CT molecular complexity index is 1590. The van der Waals surface area contributed by atoms with E-state index in [1.165, 1.54) is 12.1 Å². The molecule has 1 unspecified atom stereocenters. The summed E-state index contributed by atoms with van der Waals surface area (Å²) in [5.74, 6) is -1.75. The highest BCUT2D eigenvalue weighted by atomic mass is 32.2. The van der Waals surface area contributed by atoms with E-state index in [2.05, 4.69) is 4.98 Å². The number of carboxylic acids is 1. The molecule has 0 radical (unpaired) electrons. The molecule has 10 heteroatoms. The molecular formula is C30H30N2O7S. The highest BCUT2D eigenvalue weighted by molar-refractivity contribution is 7.89. The average molecular weight is 563 g/mol. The van der Waals surface area contributed by atoms with Crippen LogP contribution in [-0.4, -0.2) is 44.8 Å². The number of hydrogen-bond acceptors (Lipinski definition) is 7. The van der Waals surface area contributed by atoms with Crippen LogP contribution in [0.1, 0.15) is 35.8 Å². The van der Waals surface area contributed by atoms with Gasteiger partial charge in [0.1, 0.15) is 11.6 Å². The molecule has 40 heavy (non-hydrogen) atoms. The molecule has 1 fully saturated rings. The molecule has 0 amide bonds. The number of sulfonamides is 1. The number of oxazole rings is 1. The van der Waals surface area contributed by atoms with E-state index >= 15 is 0 Å². The number of aromatic nitrogens is 1. The Hall–Kier alpha value is -3.83. The minimum absolute atomic E-state index is 0.0427. The highest BCUT2D eigenvalue weighted by Gasteiger charge is 2.35. The van der Waals surface area contributed by atoms with E-state index in [4.69, 9.17) is 19.0 Å². The first-order chi connectivity index (χ1) is 19.2. The van der Waals surface area contributed by atoms with Gasteiger partial charge in [0, 0.05) is 44.3 Å². The lowest BCUT2D eigenvalue weighted by Gasteiger charge is -2.36. The summed E-state index contributed by atoms with van der Waals surface area (Å²) in [7, 11) is -2.19. The van der Waals surface area contributed by atoms with Crippen LogP contribution in [-0.2, 0) is 36.3 Å². The molecule has 1 aliphatic heterocycles. The monoisotopic (exact) mass is 562 g/mol. The quantitative estimate of drug-likeness (QED) is 0.298. The molecule has 208 valence electrons. The summed E-state index contributed by atoms with van der Waals surface area (Å²) in [5, 5.41) is 15.5. The van der Waals surface area contributed by atoms with E-state index < -0.39 is 27.5 Å². The first-order valence-electron chi connectivity index (χ1n) is 12.8. The van der Waals surface area contributed by atoms with Gasteiger partial charge in [0.25, 0.3) is 0 Å². The van der Waals surface area contributed by atoms with Gasteiger partial charge < -0.3 is 19.0 Å². The lowest BCUT2D eigenvalue weighted by Crippen LogP contribution is -2.35. The van der Waals surface area contributed by atoms with Crippen molar-refractivity contribution in [2.75, 3.05) is 20.3 Å². The molecule has 0 bridgehead atoms. The summed E-state index contributed by atoms with van der Waals surface area (Å²) in [5.41, 5.74) is 3.04. The molecule has 0 spiro atoms. The molecule has 0 saturated carbocycles. The van der Waals surface area contributed by atoms with Gasteiger partial charge in [-0.05, 0) is 41.8 Å². The highest BCUT2D eigenvalue weighted by Crippen LogP contribution is 2.38. The van der Waals surface area contributed by atoms with Crippen LogP contribution < -0.4 is 5.14 Å². The average Bonchev–Trinajstić information content (AvgIpc) is 3.41. The van der Waals surface area contributed by atoms with Crippen LogP contribution >= 0.6 is 0 Å². The molecule has 1 aromatic heterocycles. The number of hydrogen-bond donors (Lipinski definition) is 2. The van der Waals surface area contributed by atoms with Crippen molar-refractivity contribution in [1.82, 2.24) is 4.98 Å². The number of nitrogens with zero attached hydrogens (tertiary/aromatic N) is 1. The van der Waals surface area contributed by atoms with E-state index in [1.54, 1.807) is 19.2 Å². The van der Waals surface area contributed by atoms with Crippen molar-refractivity contribution >= 4 is 16.0 Å². The molecule has 5 rings (SSSR count). The van der Waals surface area contributed by atoms with Gasteiger partial charge in [-0.2, -0.15) is 0 Å². The van der Waals surface area contributed by atoms with Crippen LogP contribution in [0.4, 0.5) is 0 Å². The van der Waals surface area contributed by atoms with E-state index in [1.807, 2.05) is 54.6 Å². The number of nitrogens with two attached hydrogens (primary N) is 1. The van der Waals surface area contributed by atoms with Gasteiger partial charge >= 0.3 is 5.97 Å². The third-order valence-electron chi connectivity index (χ3n) is 7.32. The summed E-state index contributed by atoms with van der Waals surface area (Å²) in [4.78, 5) is 17.2. The third-order valence-corrected chi connectivity index (χ3v) is 8.25. The lowest BCUT2D eigenvalue weighted by atomic mass is 9.84. The van der Waals surface area contributed by atoms with E-state index in [9.17, 15) is 18.3 Å². The number of carboxylic acid groups (broad SMARTS) is 1. The first-order valence-corrected chi connectivity index (χ1v) is 14.4. The molecule has 3 aromatic carbocycles. The van der Waals surface area contributed by atoms with Gasteiger partial charge in [-0.25, -0.2) is 18.5 Å². The molecule has 9 nitrogen and oxygen atoms in total. The summed E-state index contributed by atoms with van der Waals surface area (Å²) < 4.78 is 41.1. The minimum atomic E-state index is -3.88. The van der Waals surface area contributed by atoms with Crippen LogP contribution in [0.2, 0.25) is 0 Å². The fraction of sp³-hybridized carbons (Fsp3) is 0.267. The number of carbonyl (C=O) groups is 1. The third kappa shape index (κ3) is 5.71. The molecule has 0 aliphatic carbocycles. The second kappa shape index (κ2) is 11.3. The van der Waals surface area contributed by atoms with Gasteiger partial charge in [0.15, 0.2) is 5.76 Å². The second-order valence-electron chi connectivity index (χ2n) is 9.77. The number of primary sulfonamides is 1. The Morgan fingerprint density at radius 1 is 1.02 bits per heavy atom. The number of aliphatic carboxylic acids is 1. The van der Waals surface area contributed by atoms with E-state index in [0.717, 1.165) is 16.7 Å². The lowest BCUT2D eigenvalue weighted by molar-refractivity contribution is -0.139. The van der Waals surface area contributed by atoms with Gasteiger partial charge in [-0.3, -0.25) is 4.79 Å². The second-order valence-corrected chi connectivity index (χ2v) is 11.3. The van der Waals surface area contributed by atoms with Crippen molar-refractivity contribution in [2.45, 2.75) is 35.7 Å². The summed E-state index contributed by atoms with van der Waals surface area (Å²) in [6, 6.07) is 22.9. The molecule has 2 heterocycles. The topological polar surface area (TPSA) is 142 Å². The molecule has 1 atom stereocenters. The number of methoxy groups -OCH3 is 1. The SMILES string of the molecule is COC1(c2cccc(CC(C(=O)O)c3nc(-c4ccccc4)c(-c4ccc(S(N)(=O)=O)cc4)o3)c2)CCOCC1. The Balaban J connectivity index is 1.53. The number of benzene rings is 3. The Kier molecular flexibility index (Phi) is 7.86. The van der Waals surface area contributed by atoms with Crippen molar-refractivity contribution < 1.29 is 32.2 Å². The van der Waals surface area contributed by atoms with Crippen LogP contribution in [0.5, 0.6) is 0 Å². The summed E-state index contributed by atoms with van der Waals surface area (Å²) in [6.07, 6.45) is 1.57. The first kappa shape index (κ1) is 27.7. The Morgan fingerprint density at radius 3 is 2.35 bits per heavy atom. The maximum Gasteiger partial charge on any atom is 0.316 e. The molecular weight excluding hydrogens is 532 g/mol. The van der Waals surface area contributed by atoms with Crippen molar-refractivity contribution in [3.05, 3.63) is 95.9 Å². The van der Waals surface area contributed by atoms with Gasteiger partial charge in [0.2, 0.25) is 15.9 Å². The van der Waals surface area contributed by atoms with Crippen LogP contribution in [0, 0.1) is 0 Å². The summed E-state index contributed by atoms with van der Waals surface area (Å²) in [6.45, 7) is 1.19. The summed E-state index contributed by atoms with van der Waals surface area (Å²) >= 11 is 0. The van der Waals surface area contributed by atoms with Crippen molar-refractivity contribution in [2.24, 2.45) is 5.14 Å². The largest absolute Gasteiger partial charge is 0.481 e. The zero-order valence-electron chi connectivity index (χ0n) is 21.9. The zero-order chi connectivity index (χ0) is 28.3. The minimum Gasteiger partial charge on any atom is -0.481 e. The van der Waals surface area contributed by atoms with Crippen LogP contribution in [0.3, 0.4) is 0 Å². The fourth-order valence-corrected chi connectivity index (χ4v) is 5.59.